The van der Waals surface area contributed by atoms with Crippen LogP contribution in [0.15, 0.2) is 55.1 Å². The summed E-state index contributed by atoms with van der Waals surface area (Å²) in [6.07, 6.45) is 4.48. The number of hydrogen-bond donors (Lipinski definition) is 3. The maximum absolute atomic E-state index is 13.8. The third-order valence-electron chi connectivity index (χ3n) is 5.78. The second-order valence-electron chi connectivity index (χ2n) is 11.0. The topological polar surface area (TPSA) is 88.4 Å². The molecule has 7 nitrogen and oxygen atoms in total. The molecule has 1 aromatic heterocycles. The Morgan fingerprint density at radius 1 is 1.08 bits per heavy atom. The lowest BCUT2D eigenvalue weighted by Gasteiger charge is -2.27. The predicted octanol–water partition coefficient (Wildman–Crippen LogP) is 4.94. The van der Waals surface area contributed by atoms with Crippen LogP contribution in [0.4, 0.5) is 13.6 Å². The van der Waals surface area contributed by atoms with Crippen molar-refractivity contribution in [2.24, 2.45) is 5.92 Å². The summed E-state index contributed by atoms with van der Waals surface area (Å²) in [6.45, 7) is 10.1. The van der Waals surface area contributed by atoms with E-state index in [2.05, 4.69) is 47.7 Å². The van der Waals surface area contributed by atoms with Crippen LogP contribution in [0.2, 0.25) is 0 Å². The van der Waals surface area contributed by atoms with Gasteiger partial charge in [-0.05, 0) is 74.4 Å². The van der Waals surface area contributed by atoms with Crippen molar-refractivity contribution in [1.82, 2.24) is 20.2 Å². The highest BCUT2D eigenvalue weighted by Crippen LogP contribution is 2.19. The van der Waals surface area contributed by atoms with Gasteiger partial charge in [-0.15, -0.1) is 0 Å². The van der Waals surface area contributed by atoms with Gasteiger partial charge in [0.05, 0.1) is 24.2 Å². The third-order valence-corrected chi connectivity index (χ3v) is 5.78. The molecule has 0 aliphatic carbocycles. The van der Waals surface area contributed by atoms with Crippen LogP contribution in [0.1, 0.15) is 51.3 Å². The van der Waals surface area contributed by atoms with Crippen molar-refractivity contribution in [3.8, 4) is 5.69 Å². The summed E-state index contributed by atoms with van der Waals surface area (Å²) < 4.78 is 34.8. The zero-order valence-electron chi connectivity index (χ0n) is 22.7. The number of halogens is 2. The number of benzene rings is 2. The Morgan fingerprint density at radius 2 is 1.79 bits per heavy atom. The third kappa shape index (κ3) is 9.22. The number of nitrogens with one attached hydrogen (secondary N) is 2. The van der Waals surface area contributed by atoms with E-state index in [1.54, 1.807) is 33.3 Å². The highest BCUT2D eigenvalue weighted by atomic mass is 19.1. The van der Waals surface area contributed by atoms with E-state index in [-0.39, 0.29) is 13.0 Å². The first-order chi connectivity index (χ1) is 17.9. The highest BCUT2D eigenvalue weighted by molar-refractivity contribution is 5.68. The lowest BCUT2D eigenvalue weighted by atomic mass is 9.99. The molecule has 206 valence electrons. The number of aromatic nitrogens is 2. The minimum Gasteiger partial charge on any atom is -0.444 e. The molecular formula is C29H38F2N4O3. The van der Waals surface area contributed by atoms with Gasteiger partial charge in [0, 0.05) is 31.5 Å². The molecular weight excluding hydrogens is 490 g/mol. The molecule has 2 atom stereocenters. The Labute approximate surface area is 223 Å². The highest BCUT2D eigenvalue weighted by Gasteiger charge is 2.25. The number of rotatable bonds is 11. The van der Waals surface area contributed by atoms with Gasteiger partial charge in [0.2, 0.25) is 0 Å². The Bertz CT molecular complexity index is 1170. The lowest BCUT2D eigenvalue weighted by Crippen LogP contribution is -2.50. The van der Waals surface area contributed by atoms with Gasteiger partial charge < -0.3 is 25.0 Å². The molecule has 3 aromatic rings. The minimum absolute atomic E-state index is 0.0148. The zero-order chi connectivity index (χ0) is 27.9. The van der Waals surface area contributed by atoms with Gasteiger partial charge in [0.15, 0.2) is 0 Å². The van der Waals surface area contributed by atoms with Gasteiger partial charge in [-0.3, -0.25) is 0 Å². The maximum atomic E-state index is 13.8. The predicted molar refractivity (Wildman–Crippen MR) is 143 cm³/mol. The fourth-order valence-electron chi connectivity index (χ4n) is 4.25. The van der Waals surface area contributed by atoms with Gasteiger partial charge in [-0.1, -0.05) is 26.0 Å². The van der Waals surface area contributed by atoms with E-state index in [0.29, 0.717) is 18.0 Å². The van der Waals surface area contributed by atoms with Crippen molar-refractivity contribution in [3.63, 3.8) is 0 Å². The summed E-state index contributed by atoms with van der Waals surface area (Å²) in [5.41, 5.74) is 2.77. The Hall–Kier alpha value is -3.30. The molecule has 3 N–H and O–H groups in total. The van der Waals surface area contributed by atoms with Crippen LogP contribution in [0.25, 0.3) is 5.69 Å². The number of amides is 1. The number of ether oxygens (including phenoxy) is 1. The molecule has 1 amide bonds. The van der Waals surface area contributed by atoms with Crippen LogP contribution in [0, 0.1) is 17.6 Å². The number of aliphatic hydroxyl groups is 1. The fraction of sp³-hybridized carbons (Fsp3) is 0.448. The molecule has 38 heavy (non-hydrogen) atoms. The first-order valence-corrected chi connectivity index (χ1v) is 12.8. The fourth-order valence-corrected chi connectivity index (χ4v) is 4.25. The van der Waals surface area contributed by atoms with Crippen LogP contribution in [0.3, 0.4) is 0 Å². The second-order valence-corrected chi connectivity index (χ2v) is 11.0. The SMILES string of the molecule is CC(C)Cc1ccc(-n2ccnc2)c(CNC[C@@H](O)[C@H](Cc2cc(F)cc(F)c2)NC(=O)OC(C)(C)C)c1. The lowest BCUT2D eigenvalue weighted by molar-refractivity contribution is 0.0422. The van der Waals surface area contributed by atoms with Crippen molar-refractivity contribution in [1.29, 1.82) is 0 Å². The minimum atomic E-state index is -1.07. The Kier molecular flexibility index (Phi) is 9.99. The molecule has 0 saturated carbocycles. The molecule has 0 saturated heterocycles. The van der Waals surface area contributed by atoms with E-state index >= 15 is 0 Å². The van der Waals surface area contributed by atoms with E-state index < -0.39 is 35.5 Å². The standard InChI is InChI=1S/C29H38F2N4O3/c1-19(2)10-20-6-7-26(35-9-8-32-18-35)22(11-20)16-33-17-27(36)25(34-28(37)38-29(3,4)5)14-21-12-23(30)15-24(31)13-21/h6-9,11-13,15,18-19,25,27,33,36H,10,14,16-17H2,1-5H3,(H,34,37)/t25-,27+/m0/s1. The molecule has 3 rings (SSSR count). The second kappa shape index (κ2) is 13.0. The number of aliphatic hydroxyl groups excluding tert-OH is 1. The monoisotopic (exact) mass is 528 g/mol. The summed E-state index contributed by atoms with van der Waals surface area (Å²) in [5, 5.41) is 17.0. The van der Waals surface area contributed by atoms with Crippen LogP contribution >= 0.6 is 0 Å². The molecule has 2 aromatic carbocycles. The molecule has 1 heterocycles. The van der Waals surface area contributed by atoms with Crippen molar-refractivity contribution < 1.29 is 23.4 Å². The van der Waals surface area contributed by atoms with Crippen molar-refractivity contribution >= 4 is 6.09 Å². The van der Waals surface area contributed by atoms with Crippen LogP contribution in [0.5, 0.6) is 0 Å². The maximum Gasteiger partial charge on any atom is 0.407 e. The summed E-state index contributed by atoms with van der Waals surface area (Å²) in [6, 6.07) is 8.60. The van der Waals surface area contributed by atoms with E-state index in [0.717, 1.165) is 23.7 Å². The van der Waals surface area contributed by atoms with Gasteiger partial charge in [0.1, 0.15) is 17.2 Å². The number of carbonyl (C=O) groups is 1. The molecule has 0 aliphatic heterocycles. The number of nitrogens with zero attached hydrogens (tertiary/aromatic N) is 2. The summed E-state index contributed by atoms with van der Waals surface area (Å²) in [7, 11) is 0. The van der Waals surface area contributed by atoms with Gasteiger partial charge in [0.25, 0.3) is 0 Å². The Balaban J connectivity index is 1.74. The molecule has 0 fully saturated rings. The zero-order valence-corrected chi connectivity index (χ0v) is 22.7. The molecule has 0 radical (unpaired) electrons. The van der Waals surface area contributed by atoms with Gasteiger partial charge >= 0.3 is 6.09 Å². The first kappa shape index (κ1) is 29.3. The van der Waals surface area contributed by atoms with E-state index in [1.807, 2.05) is 10.8 Å². The van der Waals surface area contributed by atoms with Crippen molar-refractivity contribution in [2.45, 2.75) is 71.8 Å². The Morgan fingerprint density at radius 3 is 2.39 bits per heavy atom. The van der Waals surface area contributed by atoms with Crippen molar-refractivity contribution in [2.75, 3.05) is 6.54 Å². The largest absolute Gasteiger partial charge is 0.444 e. The van der Waals surface area contributed by atoms with Crippen LogP contribution in [-0.4, -0.2) is 45.0 Å². The van der Waals surface area contributed by atoms with Crippen LogP contribution in [-0.2, 0) is 24.1 Å². The number of carbonyl (C=O) groups excluding carboxylic acids is 1. The molecule has 0 aliphatic rings. The summed E-state index contributed by atoms with van der Waals surface area (Å²) >= 11 is 0. The number of imidazole rings is 1. The number of hydrogen-bond acceptors (Lipinski definition) is 5. The van der Waals surface area contributed by atoms with Crippen LogP contribution < -0.4 is 10.6 Å². The van der Waals surface area contributed by atoms with E-state index in [1.165, 1.54) is 17.7 Å². The summed E-state index contributed by atoms with van der Waals surface area (Å²) in [5.74, 6) is -0.946. The first-order valence-electron chi connectivity index (χ1n) is 12.8. The quantitative estimate of drug-likeness (QED) is 0.328. The average molecular weight is 529 g/mol. The van der Waals surface area contributed by atoms with Gasteiger partial charge in [-0.25, -0.2) is 18.6 Å². The molecule has 9 heteroatoms. The van der Waals surface area contributed by atoms with E-state index in [9.17, 15) is 18.7 Å². The van der Waals surface area contributed by atoms with E-state index in [4.69, 9.17) is 4.74 Å². The van der Waals surface area contributed by atoms with Crippen molar-refractivity contribution in [3.05, 3.63) is 83.4 Å². The average Bonchev–Trinajstić information content (AvgIpc) is 3.31. The molecule has 0 bridgehead atoms. The smallest absolute Gasteiger partial charge is 0.407 e. The normalized spacial score (nSPS) is 13.4. The van der Waals surface area contributed by atoms with Gasteiger partial charge in [-0.2, -0.15) is 0 Å². The molecule has 0 unspecified atom stereocenters. The number of alkyl carbamates (subject to hydrolysis) is 1. The molecule has 0 spiro atoms. The summed E-state index contributed by atoms with van der Waals surface area (Å²) in [4.78, 5) is 16.6.